The molecule has 3 unspecified atom stereocenters. The van der Waals surface area contributed by atoms with E-state index in [0.29, 0.717) is 19.3 Å². The Hall–Kier alpha value is -2.44. The van der Waals surface area contributed by atoms with Gasteiger partial charge in [-0.3, -0.25) is 9.59 Å². The Morgan fingerprint density at radius 2 is 0.791 bits per heavy atom. The Labute approximate surface area is 416 Å². The van der Waals surface area contributed by atoms with Crippen LogP contribution >= 0.6 is 0 Å². The van der Waals surface area contributed by atoms with Crippen molar-refractivity contribution in [1.82, 2.24) is 5.32 Å². The van der Waals surface area contributed by atoms with Crippen molar-refractivity contribution >= 4 is 11.9 Å². The van der Waals surface area contributed by atoms with Crippen molar-refractivity contribution in [1.29, 1.82) is 0 Å². The van der Waals surface area contributed by atoms with E-state index in [0.717, 1.165) is 77.0 Å². The summed E-state index contributed by atoms with van der Waals surface area (Å²) in [5, 5.41) is 23.9. The molecule has 3 N–H and O–H groups in total. The molecule has 0 rings (SSSR count). The maximum absolute atomic E-state index is 13.3. The summed E-state index contributed by atoms with van der Waals surface area (Å²) < 4.78 is 5.96. The summed E-state index contributed by atoms with van der Waals surface area (Å²) in [5.41, 5.74) is 0. The normalized spacial score (nSPS) is 13.6. The summed E-state index contributed by atoms with van der Waals surface area (Å²) in [6, 6.07) is -0.707. The first kappa shape index (κ1) is 64.6. The van der Waals surface area contributed by atoms with Crippen LogP contribution < -0.4 is 5.32 Å². The molecule has 0 aromatic heterocycles. The van der Waals surface area contributed by atoms with Crippen LogP contribution in [-0.2, 0) is 14.3 Å². The van der Waals surface area contributed by atoms with Crippen molar-refractivity contribution in [3.05, 3.63) is 60.8 Å². The zero-order chi connectivity index (χ0) is 48.8. The fourth-order valence-electron chi connectivity index (χ4n) is 8.82. The van der Waals surface area contributed by atoms with Gasteiger partial charge in [-0.25, -0.2) is 0 Å². The highest BCUT2D eigenvalue weighted by Gasteiger charge is 2.24. The lowest BCUT2D eigenvalue weighted by Gasteiger charge is -2.24. The molecule has 67 heavy (non-hydrogen) atoms. The van der Waals surface area contributed by atoms with Crippen molar-refractivity contribution < 1.29 is 24.5 Å². The number of carbonyl (C=O) groups is 2. The lowest BCUT2D eigenvalue weighted by Crippen LogP contribution is -2.46. The third-order valence-corrected chi connectivity index (χ3v) is 13.2. The average molecular weight is 939 g/mol. The minimum Gasteiger partial charge on any atom is -0.462 e. The van der Waals surface area contributed by atoms with Gasteiger partial charge in [-0.05, 0) is 44.9 Å². The Morgan fingerprint density at radius 1 is 0.433 bits per heavy atom. The third kappa shape index (κ3) is 49.8. The number of aliphatic hydroxyl groups excluding tert-OH is 2. The minimum absolute atomic E-state index is 0.0688. The van der Waals surface area contributed by atoms with E-state index in [1.807, 2.05) is 24.3 Å². The van der Waals surface area contributed by atoms with Crippen molar-refractivity contribution in [2.75, 3.05) is 6.61 Å². The summed E-state index contributed by atoms with van der Waals surface area (Å²) in [7, 11) is 0. The smallest absolute Gasteiger partial charge is 0.306 e. The van der Waals surface area contributed by atoms with E-state index in [-0.39, 0.29) is 24.9 Å². The Bertz CT molecular complexity index is 1190. The van der Waals surface area contributed by atoms with Crippen molar-refractivity contribution in [2.45, 2.75) is 309 Å². The number of rotatable bonds is 52. The Kier molecular flexibility index (Phi) is 52.5. The van der Waals surface area contributed by atoms with Crippen molar-refractivity contribution in [3.8, 4) is 0 Å². The first-order valence-electron chi connectivity index (χ1n) is 29.1. The van der Waals surface area contributed by atoms with Crippen molar-refractivity contribution in [2.24, 2.45) is 0 Å². The van der Waals surface area contributed by atoms with Gasteiger partial charge in [-0.1, -0.05) is 293 Å². The van der Waals surface area contributed by atoms with E-state index in [1.165, 1.54) is 167 Å². The predicted molar refractivity (Wildman–Crippen MR) is 292 cm³/mol. The Morgan fingerprint density at radius 3 is 1.21 bits per heavy atom. The molecule has 1 amide bonds. The van der Waals surface area contributed by atoms with E-state index in [4.69, 9.17) is 4.74 Å². The van der Waals surface area contributed by atoms with E-state index >= 15 is 0 Å². The molecule has 6 heteroatoms. The fourth-order valence-corrected chi connectivity index (χ4v) is 8.82. The first-order chi connectivity index (χ1) is 33.0. The fraction of sp³-hybridized carbons (Fsp3) is 0.803. The molecular weight excluding hydrogens is 827 g/mol. The lowest BCUT2D eigenvalue weighted by molar-refractivity contribution is -0.151. The number of ether oxygens (including phenoxy) is 1. The highest BCUT2D eigenvalue weighted by molar-refractivity contribution is 5.77. The number of aliphatic hydroxyl groups is 2. The Balaban J connectivity index is 4.61. The number of esters is 1. The predicted octanol–water partition coefficient (Wildman–Crippen LogP) is 18.0. The maximum atomic E-state index is 13.3. The van der Waals surface area contributed by atoms with Crippen LogP contribution in [0.3, 0.4) is 0 Å². The van der Waals surface area contributed by atoms with Gasteiger partial charge in [0, 0.05) is 6.42 Å². The van der Waals surface area contributed by atoms with Crippen LogP contribution in [0.4, 0.5) is 0 Å². The molecule has 0 aromatic carbocycles. The number of hydrogen-bond acceptors (Lipinski definition) is 5. The zero-order valence-corrected chi connectivity index (χ0v) is 44.5. The second kappa shape index (κ2) is 54.5. The summed E-state index contributed by atoms with van der Waals surface area (Å²) >= 11 is 0. The molecule has 0 aliphatic carbocycles. The second-order valence-electron chi connectivity index (χ2n) is 19.8. The summed E-state index contributed by atoms with van der Waals surface area (Å²) in [6.07, 6.45) is 68.5. The van der Waals surface area contributed by atoms with Gasteiger partial charge in [0.1, 0.15) is 6.10 Å². The van der Waals surface area contributed by atoms with Crippen LogP contribution in [0, 0.1) is 0 Å². The number of carbonyl (C=O) groups excluding carboxylic acids is 2. The van der Waals surface area contributed by atoms with E-state index < -0.39 is 18.2 Å². The van der Waals surface area contributed by atoms with Crippen LogP contribution in [-0.4, -0.2) is 46.9 Å². The third-order valence-electron chi connectivity index (χ3n) is 13.2. The highest BCUT2D eigenvalue weighted by atomic mass is 16.5. The molecule has 0 heterocycles. The number of amides is 1. The molecule has 3 atom stereocenters. The number of hydrogen-bond donors (Lipinski definition) is 3. The largest absolute Gasteiger partial charge is 0.462 e. The second-order valence-corrected chi connectivity index (χ2v) is 19.8. The average Bonchev–Trinajstić information content (AvgIpc) is 3.32. The number of nitrogens with one attached hydrogen (secondary N) is 1. The van der Waals surface area contributed by atoms with Crippen LogP contribution in [0.15, 0.2) is 60.8 Å². The van der Waals surface area contributed by atoms with Crippen LogP contribution in [0.5, 0.6) is 0 Å². The highest BCUT2D eigenvalue weighted by Crippen LogP contribution is 2.19. The van der Waals surface area contributed by atoms with Crippen LogP contribution in [0.25, 0.3) is 0 Å². The van der Waals surface area contributed by atoms with Gasteiger partial charge in [0.2, 0.25) is 5.91 Å². The molecular formula is C61H111NO5. The van der Waals surface area contributed by atoms with Crippen molar-refractivity contribution in [3.63, 3.8) is 0 Å². The summed E-state index contributed by atoms with van der Waals surface area (Å²) in [5.74, 6) is -0.490. The monoisotopic (exact) mass is 938 g/mol. The minimum atomic E-state index is -0.793. The van der Waals surface area contributed by atoms with Gasteiger partial charge in [0.15, 0.2) is 0 Å². The molecule has 0 saturated carbocycles. The molecule has 0 aliphatic heterocycles. The molecule has 0 bridgehead atoms. The molecule has 6 nitrogen and oxygen atoms in total. The SMILES string of the molecule is CCC/C=C/C=C/C=C/C=C/C=C/CCCCCCCC(=O)OC(CCCCCCCCCCCCCCCCCCC)CC(=O)NC(CO)C(O)CCCCCCCCCCCCCCC. The molecule has 0 fully saturated rings. The first-order valence-corrected chi connectivity index (χ1v) is 29.1. The summed E-state index contributed by atoms with van der Waals surface area (Å²) in [4.78, 5) is 26.3. The summed E-state index contributed by atoms with van der Waals surface area (Å²) in [6.45, 7) is 6.42. The van der Waals surface area contributed by atoms with E-state index in [2.05, 4.69) is 62.5 Å². The molecule has 0 spiro atoms. The zero-order valence-electron chi connectivity index (χ0n) is 44.5. The molecule has 0 radical (unpaired) electrons. The van der Waals surface area contributed by atoms with E-state index in [9.17, 15) is 19.8 Å². The topological polar surface area (TPSA) is 95.9 Å². The number of allylic oxidation sites excluding steroid dienone is 10. The van der Waals surface area contributed by atoms with Gasteiger partial charge in [-0.15, -0.1) is 0 Å². The standard InChI is InChI=1S/C61H111NO5/c1-4-7-10-13-16-19-22-25-27-29-31-33-36-39-42-45-48-51-54-61(66)67-57(52-49-46-43-40-37-35-32-30-28-26-23-20-17-14-11-8-5-2)55-60(65)62-58(56-63)59(64)53-50-47-44-41-38-34-24-21-18-15-12-9-6-3/h10,13,16,19,22,25,27,29,31,33,57-59,63-64H,4-9,11-12,14-15,17-18,20-21,23-24,26,28,30,32,34-56H2,1-3H3,(H,62,65)/b13-10+,19-16+,25-22+,29-27+,33-31+. The molecule has 0 aliphatic rings. The van der Waals surface area contributed by atoms with Gasteiger partial charge < -0.3 is 20.3 Å². The molecule has 0 saturated heterocycles. The molecule has 390 valence electrons. The van der Waals surface area contributed by atoms with Crippen LogP contribution in [0.2, 0.25) is 0 Å². The maximum Gasteiger partial charge on any atom is 0.306 e. The quantitative estimate of drug-likeness (QED) is 0.0321. The van der Waals surface area contributed by atoms with Gasteiger partial charge >= 0.3 is 5.97 Å². The van der Waals surface area contributed by atoms with Crippen LogP contribution in [0.1, 0.15) is 290 Å². The number of unbranched alkanes of at least 4 members (excludes halogenated alkanes) is 34. The van der Waals surface area contributed by atoms with Gasteiger partial charge in [-0.2, -0.15) is 0 Å². The van der Waals surface area contributed by atoms with Gasteiger partial charge in [0.25, 0.3) is 0 Å². The lowest BCUT2D eigenvalue weighted by atomic mass is 10.0. The molecule has 0 aromatic rings. The van der Waals surface area contributed by atoms with E-state index in [1.54, 1.807) is 0 Å². The van der Waals surface area contributed by atoms with Gasteiger partial charge in [0.05, 0.1) is 25.2 Å².